The zero-order valence-electron chi connectivity index (χ0n) is 19.2. The topological polar surface area (TPSA) is 199 Å². The Balaban J connectivity index is 1.88. The summed E-state index contributed by atoms with van der Waals surface area (Å²) in [4.78, 5) is 40.2. The predicted molar refractivity (Wildman–Crippen MR) is 129 cm³/mol. The summed E-state index contributed by atoms with van der Waals surface area (Å²) in [5, 5.41) is 46.7. The quantitative estimate of drug-likeness (QED) is 0.196. The fourth-order valence-corrected chi connectivity index (χ4v) is 5.82. The van der Waals surface area contributed by atoms with Crippen molar-refractivity contribution in [1.82, 2.24) is 5.32 Å². The average Bonchev–Trinajstić information content (AvgIpc) is 2.75. The van der Waals surface area contributed by atoms with E-state index in [0.29, 0.717) is 16.8 Å². The number of hydrogen-bond acceptors (Lipinski definition) is 9. The minimum Gasteiger partial charge on any atom is -0.507 e. The van der Waals surface area contributed by atoms with Crippen LogP contribution in [0.5, 0.6) is 5.75 Å². The van der Waals surface area contributed by atoms with Crippen LogP contribution in [0.2, 0.25) is 0 Å². The lowest BCUT2D eigenvalue weighted by Gasteiger charge is -2.48. The number of rotatable bonds is 4. The van der Waals surface area contributed by atoms with Crippen molar-refractivity contribution in [3.05, 3.63) is 28.3 Å². The molecule has 1 amide bonds. The van der Waals surface area contributed by atoms with Gasteiger partial charge in [-0.05, 0) is 49.0 Å². The third kappa shape index (κ3) is 3.63. The largest absolute Gasteiger partial charge is 0.507 e. The normalized spacial score (nSPS) is 29.7. The van der Waals surface area contributed by atoms with Crippen molar-refractivity contribution in [2.24, 2.45) is 29.2 Å². The van der Waals surface area contributed by atoms with Gasteiger partial charge in [-0.2, -0.15) is 0 Å². The van der Waals surface area contributed by atoms with E-state index in [1.165, 1.54) is 0 Å². The first kappa shape index (κ1) is 24.9. The Hall–Kier alpha value is -3.22. The molecule has 0 bridgehead atoms. The molecule has 0 heterocycles. The number of benzene rings is 1. The number of nitrogens with one attached hydrogen (secondary N) is 1. The summed E-state index contributed by atoms with van der Waals surface area (Å²) in [7, 11) is 3.58. The molecule has 0 aromatic heterocycles. The minimum atomic E-state index is -2.61. The molecule has 1 aromatic carbocycles. The highest BCUT2D eigenvalue weighted by molar-refractivity contribution is 7.80. The van der Waals surface area contributed by atoms with E-state index in [1.54, 1.807) is 25.1 Å². The number of hydrogen-bond donors (Lipinski definition) is 7. The summed E-state index contributed by atoms with van der Waals surface area (Å²) < 4.78 is 0. The number of primary amides is 1. The maximum Gasteiger partial charge on any atom is 0.230 e. The van der Waals surface area contributed by atoms with Gasteiger partial charge < -0.3 is 42.1 Å². The van der Waals surface area contributed by atoms with E-state index in [-0.39, 0.29) is 47.8 Å². The molecule has 4 rings (SSSR count). The molecular weight excluding hydrogens is 476 g/mol. The van der Waals surface area contributed by atoms with Crippen molar-refractivity contribution in [2.45, 2.75) is 37.5 Å². The van der Waals surface area contributed by atoms with Crippen LogP contribution in [0.15, 0.2) is 11.6 Å². The predicted octanol–water partition coefficient (Wildman–Crippen LogP) is -1.01. The molecule has 5 atom stereocenters. The molecule has 3 aliphatic carbocycles. The van der Waals surface area contributed by atoms with Crippen molar-refractivity contribution < 1.29 is 34.8 Å². The van der Waals surface area contributed by atoms with Gasteiger partial charge in [0, 0.05) is 43.4 Å². The zero-order valence-corrected chi connectivity index (χ0v) is 20.1. The van der Waals surface area contributed by atoms with Crippen molar-refractivity contribution in [1.29, 1.82) is 0 Å². The first-order valence-corrected chi connectivity index (χ1v) is 11.5. The molecule has 0 radical (unpaired) electrons. The first-order valence-electron chi connectivity index (χ1n) is 11.1. The monoisotopic (exact) mass is 504 g/mol. The summed E-state index contributed by atoms with van der Waals surface area (Å²) in [6.07, 6.45) is -1.25. The van der Waals surface area contributed by atoms with Gasteiger partial charge in [-0.15, -0.1) is 0 Å². The lowest BCUT2D eigenvalue weighted by molar-refractivity contribution is -0.174. The Morgan fingerprint density at radius 3 is 2.49 bits per heavy atom. The van der Waals surface area contributed by atoms with E-state index in [0.717, 1.165) is 0 Å². The maximum atomic E-state index is 13.6. The molecule has 0 spiro atoms. The second-order valence-corrected chi connectivity index (χ2v) is 10.0. The molecule has 188 valence electrons. The number of carbonyl (C=O) groups is 3. The highest BCUT2D eigenvalue weighted by atomic mass is 32.1. The fraction of sp³-hybridized carbons (Fsp3) is 0.478. The summed E-state index contributed by atoms with van der Waals surface area (Å²) in [5.41, 5.74) is 9.62. The third-order valence-corrected chi connectivity index (χ3v) is 7.52. The average molecular weight is 505 g/mol. The van der Waals surface area contributed by atoms with Gasteiger partial charge in [0.1, 0.15) is 17.4 Å². The SMILES string of the molecule is CN(C)c1cc(CNC(N)=S)c(O)c2c1C[C@H]1C[C@H]3CC(O)C(C(N)=O)C(=O)[C@@]3(O)C(=O)C1=C2O. The number of ketones is 2. The Morgan fingerprint density at radius 1 is 1.26 bits per heavy atom. The van der Waals surface area contributed by atoms with Gasteiger partial charge >= 0.3 is 0 Å². The fourth-order valence-electron chi connectivity index (χ4n) is 5.74. The summed E-state index contributed by atoms with van der Waals surface area (Å²) >= 11 is 4.83. The molecule has 2 fully saturated rings. The van der Waals surface area contributed by atoms with E-state index in [4.69, 9.17) is 23.7 Å². The second kappa shape index (κ2) is 8.47. The van der Waals surface area contributed by atoms with Crippen LogP contribution in [0.25, 0.3) is 5.76 Å². The Bertz CT molecular complexity index is 1200. The Morgan fingerprint density at radius 2 is 1.91 bits per heavy atom. The number of fused-ring (bicyclic) bond motifs is 3. The standard InChI is InChI=1S/C23H28N4O7S/c1-27(2)12-5-9(7-26-22(25)35)17(29)15-11(12)4-8-3-10-6-13(28)16(21(24)33)20(32)23(10,34)19(31)14(8)18(15)30/h5,8,10,13,16,28-30,34H,3-4,6-7H2,1-2H3,(H2,24,33)(H3,25,26,35)/t8-,10+,13?,16?,23+/m1/s1. The Labute approximate surface area is 206 Å². The van der Waals surface area contributed by atoms with Gasteiger partial charge in [0.05, 0.1) is 11.7 Å². The highest BCUT2D eigenvalue weighted by Crippen LogP contribution is 2.53. The zero-order chi connectivity index (χ0) is 26.0. The summed E-state index contributed by atoms with van der Waals surface area (Å²) in [5.74, 6) is -7.45. The van der Waals surface area contributed by atoms with Crippen molar-refractivity contribution in [3.63, 3.8) is 0 Å². The van der Waals surface area contributed by atoms with Crippen molar-refractivity contribution in [2.75, 3.05) is 19.0 Å². The molecule has 9 N–H and O–H groups in total. The van der Waals surface area contributed by atoms with Crippen LogP contribution in [0.4, 0.5) is 5.69 Å². The van der Waals surface area contributed by atoms with Gasteiger partial charge in [0.15, 0.2) is 16.5 Å². The summed E-state index contributed by atoms with van der Waals surface area (Å²) in [6, 6.07) is 1.73. The molecule has 3 aliphatic rings. The molecule has 0 aliphatic heterocycles. The van der Waals surface area contributed by atoms with Crippen LogP contribution in [-0.4, -0.2) is 68.8 Å². The van der Waals surface area contributed by atoms with Crippen LogP contribution in [0, 0.1) is 17.8 Å². The van der Waals surface area contributed by atoms with Crippen LogP contribution in [-0.2, 0) is 27.3 Å². The Kier molecular flexibility index (Phi) is 6.02. The number of nitrogens with two attached hydrogens (primary N) is 2. The van der Waals surface area contributed by atoms with Gasteiger partial charge in [-0.25, -0.2) is 0 Å². The van der Waals surface area contributed by atoms with Crippen molar-refractivity contribution >= 4 is 46.3 Å². The first-order chi connectivity index (χ1) is 16.3. The maximum absolute atomic E-state index is 13.6. The van der Waals surface area contributed by atoms with Crippen LogP contribution in [0.1, 0.15) is 29.5 Å². The van der Waals surface area contributed by atoms with E-state index < -0.39 is 52.7 Å². The molecule has 35 heavy (non-hydrogen) atoms. The highest BCUT2D eigenvalue weighted by Gasteiger charge is 2.64. The number of Topliss-reactive ketones (excluding diaryl/α,β-unsaturated/α-hetero) is 2. The lowest BCUT2D eigenvalue weighted by Crippen LogP contribution is -2.66. The number of phenolic OH excluding ortho intramolecular Hbond substituents is 1. The number of aromatic hydroxyl groups is 1. The van der Waals surface area contributed by atoms with Gasteiger partial charge in [-0.3, -0.25) is 14.4 Å². The minimum absolute atomic E-state index is 0.00823. The van der Waals surface area contributed by atoms with Crippen LogP contribution in [0.3, 0.4) is 0 Å². The molecule has 0 saturated heterocycles. The number of phenols is 1. The van der Waals surface area contributed by atoms with Crippen molar-refractivity contribution in [3.8, 4) is 5.75 Å². The van der Waals surface area contributed by atoms with E-state index >= 15 is 0 Å². The van der Waals surface area contributed by atoms with E-state index in [1.807, 2.05) is 0 Å². The molecule has 2 saturated carbocycles. The molecule has 2 unspecified atom stereocenters. The lowest BCUT2D eigenvalue weighted by atomic mass is 9.56. The number of amides is 1. The molecular formula is C23H28N4O7S. The number of aliphatic hydroxyl groups is 3. The third-order valence-electron chi connectivity index (χ3n) is 7.37. The van der Waals surface area contributed by atoms with Gasteiger partial charge in [0.25, 0.3) is 0 Å². The number of anilines is 1. The number of aliphatic hydroxyl groups excluding tert-OH is 2. The second-order valence-electron chi connectivity index (χ2n) is 9.61. The number of thiocarbonyl (C=S) groups is 1. The summed E-state index contributed by atoms with van der Waals surface area (Å²) in [6.45, 7) is 0.0535. The smallest absolute Gasteiger partial charge is 0.230 e. The van der Waals surface area contributed by atoms with E-state index in [9.17, 15) is 34.8 Å². The molecule has 11 nitrogen and oxygen atoms in total. The molecule has 12 heteroatoms. The van der Waals surface area contributed by atoms with Crippen LogP contribution < -0.4 is 21.7 Å². The van der Waals surface area contributed by atoms with E-state index in [2.05, 4.69) is 5.32 Å². The van der Waals surface area contributed by atoms with Gasteiger partial charge in [0.2, 0.25) is 11.7 Å². The number of carbonyl (C=O) groups excluding carboxylic acids is 3. The van der Waals surface area contributed by atoms with Crippen LogP contribution >= 0.6 is 12.2 Å². The van der Waals surface area contributed by atoms with Gasteiger partial charge in [-0.1, -0.05) is 0 Å². The molecule has 1 aromatic rings. The number of nitrogens with zero attached hydrogens (tertiary/aromatic N) is 1.